The molecule has 0 aliphatic heterocycles. The fourth-order valence-corrected chi connectivity index (χ4v) is 1.85. The molecule has 0 aromatic rings. The van der Waals surface area contributed by atoms with Crippen LogP contribution in [0, 0.1) is 0 Å². The van der Waals surface area contributed by atoms with Crippen molar-refractivity contribution in [2.24, 2.45) is 10.3 Å². The van der Waals surface area contributed by atoms with E-state index in [1.165, 1.54) is 0 Å². The Morgan fingerprint density at radius 3 is 0.909 bits per heavy atom. The number of hydrogen-bond donors (Lipinski definition) is 4. The number of halogens is 8. The van der Waals surface area contributed by atoms with Crippen LogP contribution in [0.5, 0.6) is 0 Å². The van der Waals surface area contributed by atoms with Gasteiger partial charge in [0, 0.05) is 0 Å². The summed E-state index contributed by atoms with van der Waals surface area (Å²) in [5.41, 5.74) is 0. The van der Waals surface area contributed by atoms with Crippen molar-refractivity contribution in [3.8, 4) is 0 Å². The maximum absolute atomic E-state index is 12.9. The van der Waals surface area contributed by atoms with Gasteiger partial charge in [0.1, 0.15) is 0 Å². The summed E-state index contributed by atoms with van der Waals surface area (Å²) in [7, 11) is -11.5. The minimum absolute atomic E-state index is 0.478. The molecule has 0 saturated heterocycles. The van der Waals surface area contributed by atoms with E-state index in [4.69, 9.17) is 0 Å². The highest BCUT2D eigenvalue weighted by atomic mass is 32.2. The molecule has 8 nitrogen and oxygen atoms in total. The first-order chi connectivity index (χ1) is 9.16. The highest BCUT2D eigenvalue weighted by molar-refractivity contribution is 7.87. The van der Waals surface area contributed by atoms with Gasteiger partial charge in [-0.05, 0) is 0 Å². The Morgan fingerprint density at radius 1 is 0.591 bits per heavy atom. The Bertz CT molecular complexity index is 575. The van der Waals surface area contributed by atoms with Crippen LogP contribution in [0.4, 0.5) is 35.1 Å². The van der Waals surface area contributed by atoms with Crippen LogP contribution in [0.1, 0.15) is 0 Å². The lowest BCUT2D eigenvalue weighted by Gasteiger charge is -2.35. The molecule has 18 heteroatoms. The molecule has 134 valence electrons. The predicted molar refractivity (Wildman–Crippen MR) is 52.3 cm³/mol. The molecule has 0 aromatic heterocycles. The maximum Gasteiger partial charge on any atom is 0.394 e. The molecule has 0 aliphatic carbocycles. The number of hydrogen-bond acceptors (Lipinski definition) is 4. The van der Waals surface area contributed by atoms with Gasteiger partial charge < -0.3 is 0 Å². The van der Waals surface area contributed by atoms with Crippen molar-refractivity contribution in [3.05, 3.63) is 0 Å². The van der Waals surface area contributed by atoms with E-state index in [0.29, 0.717) is 0 Å². The van der Waals surface area contributed by atoms with E-state index in [0.717, 1.165) is 0 Å². The lowest BCUT2D eigenvalue weighted by Crippen LogP contribution is -2.71. The molecular weight excluding hydrogens is 384 g/mol. The van der Waals surface area contributed by atoms with Crippen LogP contribution >= 0.6 is 0 Å². The van der Waals surface area contributed by atoms with Gasteiger partial charge in [0.05, 0.1) is 0 Å². The van der Waals surface area contributed by atoms with Gasteiger partial charge in [-0.1, -0.05) is 0 Å². The summed E-state index contributed by atoms with van der Waals surface area (Å²) in [6.07, 6.45) is 0. The van der Waals surface area contributed by atoms with E-state index < -0.39 is 53.8 Å². The lowest BCUT2D eigenvalue weighted by atomic mass is 10.1. The molecule has 0 amide bonds. The minimum Gasteiger partial charge on any atom is -0.216 e. The highest BCUT2D eigenvalue weighted by Crippen LogP contribution is 2.50. The maximum atomic E-state index is 12.9. The van der Waals surface area contributed by atoms with Gasteiger partial charge in [-0.3, -0.25) is 0 Å². The molecule has 0 spiro atoms. The van der Waals surface area contributed by atoms with Crippen LogP contribution in [-0.2, 0) is 20.4 Å². The molecule has 0 bridgehead atoms. The highest BCUT2D eigenvalue weighted by Gasteiger charge is 2.82. The van der Waals surface area contributed by atoms with Crippen LogP contribution in [-0.4, -0.2) is 40.8 Å². The van der Waals surface area contributed by atoms with Crippen molar-refractivity contribution in [1.29, 1.82) is 0 Å². The van der Waals surface area contributed by atoms with E-state index in [1.807, 2.05) is 0 Å². The van der Waals surface area contributed by atoms with Crippen molar-refractivity contribution < 1.29 is 52.0 Å². The molecule has 0 unspecified atom stereocenters. The summed E-state index contributed by atoms with van der Waals surface area (Å²) in [6, 6.07) is -13.0. The van der Waals surface area contributed by atoms with E-state index in [9.17, 15) is 52.0 Å². The third-order valence-corrected chi connectivity index (χ3v) is 2.81. The number of rotatable bonds is 7. The van der Waals surface area contributed by atoms with Crippen molar-refractivity contribution >= 4 is 20.4 Å². The first-order valence-corrected chi connectivity index (χ1v) is 7.40. The second kappa shape index (κ2) is 5.37. The molecule has 0 heterocycles. The number of alkyl halides is 8. The standard InChI is InChI=1S/C4H6F8N4O4S2/c5-1(6,3(9,10)15-21(13,17)18)2(7,8)4(11,12)16-22(14,19)20/h15-16H,(H2,13,17,18)(H2,14,19,20). The van der Waals surface area contributed by atoms with Gasteiger partial charge in [0.2, 0.25) is 0 Å². The summed E-state index contributed by atoms with van der Waals surface area (Å²) in [5, 5.41) is 7.71. The van der Waals surface area contributed by atoms with Gasteiger partial charge in [-0.2, -0.15) is 52.0 Å². The third-order valence-electron chi connectivity index (χ3n) is 1.72. The lowest BCUT2D eigenvalue weighted by molar-refractivity contribution is -0.370. The summed E-state index contributed by atoms with van der Waals surface area (Å²) in [4.78, 5) is 0. The van der Waals surface area contributed by atoms with Crippen LogP contribution < -0.4 is 19.7 Å². The van der Waals surface area contributed by atoms with E-state index in [-0.39, 0.29) is 0 Å². The van der Waals surface area contributed by atoms with Crippen molar-refractivity contribution in [1.82, 2.24) is 9.44 Å². The van der Waals surface area contributed by atoms with Gasteiger partial charge in [-0.15, -0.1) is 9.44 Å². The molecule has 0 rings (SSSR count). The summed E-state index contributed by atoms with van der Waals surface area (Å²) in [5.74, 6) is -14.2. The zero-order valence-corrected chi connectivity index (χ0v) is 11.3. The first-order valence-electron chi connectivity index (χ1n) is 4.31. The topological polar surface area (TPSA) is 144 Å². The van der Waals surface area contributed by atoms with Crippen molar-refractivity contribution in [2.75, 3.05) is 0 Å². The van der Waals surface area contributed by atoms with E-state index >= 15 is 0 Å². The largest absolute Gasteiger partial charge is 0.394 e. The first kappa shape index (κ1) is 21.2. The fraction of sp³-hybridized carbons (Fsp3) is 1.00. The van der Waals surface area contributed by atoms with Gasteiger partial charge >= 0.3 is 23.9 Å². The Labute approximate surface area is 117 Å². The molecule has 0 atom stereocenters. The summed E-state index contributed by atoms with van der Waals surface area (Å²) < 4.78 is 143. The average molecular weight is 390 g/mol. The zero-order valence-electron chi connectivity index (χ0n) is 9.63. The van der Waals surface area contributed by atoms with Gasteiger partial charge in [-0.25, -0.2) is 10.3 Å². The van der Waals surface area contributed by atoms with E-state index in [2.05, 4.69) is 10.3 Å². The summed E-state index contributed by atoms with van der Waals surface area (Å²) >= 11 is 0. The Balaban J connectivity index is 5.95. The number of nitrogens with one attached hydrogen (secondary N) is 2. The third kappa shape index (κ3) is 4.35. The zero-order chi connectivity index (χ0) is 18.4. The molecule has 0 saturated carbocycles. The monoisotopic (exact) mass is 390 g/mol. The van der Waals surface area contributed by atoms with E-state index in [1.54, 1.807) is 0 Å². The predicted octanol–water partition coefficient (Wildman–Crippen LogP) is -0.971. The molecular formula is C4H6F8N4O4S2. The Hall–Kier alpha value is -0.820. The molecule has 0 radical (unpaired) electrons. The van der Waals surface area contributed by atoms with Crippen LogP contribution in [0.2, 0.25) is 0 Å². The Kier molecular flexibility index (Phi) is 5.17. The van der Waals surface area contributed by atoms with Crippen LogP contribution in [0.25, 0.3) is 0 Å². The van der Waals surface area contributed by atoms with Crippen molar-refractivity contribution in [2.45, 2.75) is 23.9 Å². The molecule has 6 N–H and O–H groups in total. The van der Waals surface area contributed by atoms with Crippen molar-refractivity contribution in [3.63, 3.8) is 0 Å². The minimum atomic E-state index is -7.12. The number of nitrogens with two attached hydrogens (primary N) is 2. The molecule has 0 aliphatic rings. The molecule has 0 fully saturated rings. The summed E-state index contributed by atoms with van der Waals surface area (Å²) in [6.45, 7) is 0. The second-order valence-electron chi connectivity index (χ2n) is 3.59. The normalized spacial score (nSPS) is 15.9. The second-order valence-corrected chi connectivity index (χ2v) is 6.18. The van der Waals surface area contributed by atoms with Crippen LogP contribution in [0.3, 0.4) is 0 Å². The SMILES string of the molecule is NS(=O)(=O)NC(F)(F)C(F)(F)C(F)(F)C(F)(F)NS(N)(=O)=O. The molecule has 22 heavy (non-hydrogen) atoms. The quantitative estimate of drug-likeness (QED) is 0.327. The Morgan fingerprint density at radius 2 is 0.773 bits per heavy atom. The smallest absolute Gasteiger partial charge is 0.216 e. The molecule has 0 aromatic carbocycles. The van der Waals surface area contributed by atoms with Crippen LogP contribution in [0.15, 0.2) is 0 Å². The van der Waals surface area contributed by atoms with Gasteiger partial charge in [0.15, 0.2) is 0 Å². The van der Waals surface area contributed by atoms with Gasteiger partial charge in [0.25, 0.3) is 20.4 Å². The fourth-order valence-electron chi connectivity index (χ4n) is 0.880. The average Bonchev–Trinajstić information content (AvgIpc) is 2.08.